The third-order valence-corrected chi connectivity index (χ3v) is 23.5. The maximum Gasteiger partial charge on any atom is 0.131 e. The van der Waals surface area contributed by atoms with Crippen molar-refractivity contribution in [3.05, 3.63) is 379 Å². The van der Waals surface area contributed by atoms with Crippen molar-refractivity contribution in [2.45, 2.75) is 206 Å². The average Bonchev–Trinajstić information content (AvgIpc) is 0.706. The molecule has 0 bridgehead atoms. The van der Waals surface area contributed by atoms with Crippen molar-refractivity contribution in [2.75, 3.05) is 0 Å². The second-order valence-electron chi connectivity index (χ2n) is 30.4. The van der Waals surface area contributed by atoms with Crippen LogP contribution in [0.25, 0.3) is 44.5 Å². The molecule has 5 atom stereocenters. The number of hydrogen-bond donors (Lipinski definition) is 0. The average molecular weight is 1440 g/mol. The highest BCUT2D eigenvalue weighted by molar-refractivity contribution is 5.69. The fourth-order valence-corrected chi connectivity index (χ4v) is 17.2. The van der Waals surface area contributed by atoms with Crippen LogP contribution >= 0.6 is 0 Å². The lowest BCUT2D eigenvalue weighted by Gasteiger charge is -2.55. The Bertz CT molecular complexity index is 4770. The Labute approximate surface area is 643 Å². The zero-order valence-electron chi connectivity index (χ0n) is 65.2. The summed E-state index contributed by atoms with van der Waals surface area (Å²) in [5.74, 6) is -2.18. The Hall–Kier alpha value is -9.64. The molecular formula is C104H110F4. The molecule has 0 N–H and O–H groups in total. The molecule has 0 nitrogen and oxygen atoms in total. The molecule has 108 heavy (non-hydrogen) atoms. The number of hydrogen-bond acceptors (Lipinski definition) is 0. The Morgan fingerprint density at radius 3 is 0.898 bits per heavy atom. The summed E-state index contributed by atoms with van der Waals surface area (Å²) < 4.78 is 66.7. The number of unbranched alkanes of at least 4 members (excludes halogenated alkanes) is 5. The summed E-state index contributed by atoms with van der Waals surface area (Å²) in [7, 11) is 0. The molecule has 0 aliphatic heterocycles. The highest BCUT2D eigenvalue weighted by atomic mass is 19.1. The second kappa shape index (κ2) is 37.5. The molecule has 12 aromatic carbocycles. The van der Waals surface area contributed by atoms with Crippen LogP contribution in [0.3, 0.4) is 0 Å². The summed E-state index contributed by atoms with van der Waals surface area (Å²) >= 11 is 0. The lowest BCUT2D eigenvalue weighted by molar-refractivity contribution is 0.194. The van der Waals surface area contributed by atoms with Gasteiger partial charge in [0, 0.05) is 33.6 Å². The molecule has 5 unspecified atom stereocenters. The molecule has 0 amide bonds. The van der Waals surface area contributed by atoms with Gasteiger partial charge in [-0.25, -0.2) is 17.6 Å². The molecule has 12 rings (SSSR count). The molecular weight excluding hydrogens is 1330 g/mol. The van der Waals surface area contributed by atoms with E-state index in [2.05, 4.69) is 268 Å². The first-order valence-corrected chi connectivity index (χ1v) is 40.7. The molecule has 0 fully saturated rings. The maximum absolute atomic E-state index is 17.3. The molecule has 4 heteroatoms. The molecule has 554 valence electrons. The third-order valence-electron chi connectivity index (χ3n) is 23.5. The molecule has 0 saturated carbocycles. The van der Waals surface area contributed by atoms with Crippen LogP contribution < -0.4 is 0 Å². The summed E-state index contributed by atoms with van der Waals surface area (Å²) in [5, 5.41) is 0. The van der Waals surface area contributed by atoms with Crippen molar-refractivity contribution in [3.8, 4) is 44.5 Å². The first-order chi connectivity index (χ1) is 52.8. The van der Waals surface area contributed by atoms with E-state index < -0.39 is 5.41 Å². The van der Waals surface area contributed by atoms with E-state index in [-0.39, 0.29) is 46.9 Å². The highest BCUT2D eigenvalue weighted by Crippen LogP contribution is 2.64. The van der Waals surface area contributed by atoms with Crippen LogP contribution in [0, 0.1) is 23.3 Å². The van der Waals surface area contributed by atoms with Gasteiger partial charge >= 0.3 is 0 Å². The van der Waals surface area contributed by atoms with E-state index >= 15 is 17.6 Å². The van der Waals surface area contributed by atoms with Gasteiger partial charge in [-0.3, -0.25) is 0 Å². The van der Waals surface area contributed by atoms with Crippen LogP contribution in [0.5, 0.6) is 0 Å². The molecule has 12 aromatic rings. The van der Waals surface area contributed by atoms with Crippen LogP contribution in [0.15, 0.2) is 267 Å². The van der Waals surface area contributed by atoms with Crippen LogP contribution in [0.4, 0.5) is 17.6 Å². The summed E-state index contributed by atoms with van der Waals surface area (Å²) in [5.41, 5.74) is 22.6. The molecule has 0 aromatic heterocycles. The predicted molar refractivity (Wildman–Crippen MR) is 449 cm³/mol. The van der Waals surface area contributed by atoms with Crippen LogP contribution in [-0.2, 0) is 76.0 Å². The largest absolute Gasteiger partial charge is 0.206 e. The summed E-state index contributed by atoms with van der Waals surface area (Å²) in [6, 6.07) is 96.0. The Balaban J connectivity index is 1.18. The van der Waals surface area contributed by atoms with Crippen LogP contribution in [-0.4, -0.2) is 0 Å². The van der Waals surface area contributed by atoms with E-state index in [1.165, 1.54) is 63.8 Å². The van der Waals surface area contributed by atoms with Gasteiger partial charge in [-0.2, -0.15) is 0 Å². The third kappa shape index (κ3) is 18.4. The standard InChI is InChI=1S/C104H110F4/c1-9-17-19-20-21-24-79-42-64-95(102(108)71-79)86-57-59-91(60-58-86)104(97(88-51-27-73(13-5)28-52-88)66-81-35-47-84(48-36-81)93-62-40-77(22-11-3)69-100(93)106,98(89-53-29-74(14-6)30-54-89)67-82-37-49-85(50-38-82)94-63-41-78(23-18-10-2)70-101(94)107)103(90-55-31-75(15-7)32-56-90)96(87-43-25-72(12-4)26-44-87)65-80-33-45-83(46-34-80)92-61-39-76(16-8)68-99(92)105/h25-64,68-71,96-98,103H,9-24,65-67H2,1-8H3. The zero-order valence-corrected chi connectivity index (χ0v) is 65.2. The van der Waals surface area contributed by atoms with Crippen molar-refractivity contribution >= 4 is 0 Å². The van der Waals surface area contributed by atoms with Gasteiger partial charge in [0.25, 0.3) is 0 Å². The zero-order chi connectivity index (χ0) is 75.5. The smallest absolute Gasteiger partial charge is 0.131 e. The summed E-state index contributed by atoms with van der Waals surface area (Å²) in [6.45, 7) is 17.5. The molecule has 0 saturated heterocycles. The van der Waals surface area contributed by atoms with Gasteiger partial charge in [-0.05, 0) is 237 Å². The monoisotopic (exact) mass is 1430 g/mol. The van der Waals surface area contributed by atoms with Gasteiger partial charge in [-0.15, -0.1) is 0 Å². The quantitative estimate of drug-likeness (QED) is 0.0274. The summed E-state index contributed by atoms with van der Waals surface area (Å²) in [6.07, 6.45) is 17.1. The SMILES string of the molecule is CCCCCCCc1ccc(-c2ccc(C(C(Cc3ccc(-c4ccc(CCC)cc4F)cc3)c3ccc(CC)cc3)(C(Cc3ccc(-c4ccc(CCCC)cc4F)cc3)c3ccc(CC)cc3)C(c3ccc(CC)cc3)C(Cc3ccc(-c4ccc(CC)cc4F)cc3)c3ccc(CC)cc3)cc2)c(F)c1. The van der Waals surface area contributed by atoms with E-state index in [1.54, 1.807) is 24.3 Å². The first kappa shape index (κ1) is 78.0. The van der Waals surface area contributed by atoms with E-state index in [0.717, 1.165) is 150 Å². The first-order valence-electron chi connectivity index (χ1n) is 40.7. The van der Waals surface area contributed by atoms with Crippen LogP contribution in [0.1, 0.15) is 219 Å². The lowest BCUT2D eigenvalue weighted by atomic mass is 9.47. The Kier molecular flexibility index (Phi) is 27.0. The fraction of sp³-hybridized carbons (Fsp3) is 0.308. The maximum atomic E-state index is 17.3. The lowest BCUT2D eigenvalue weighted by Crippen LogP contribution is -2.49. The molecule has 0 radical (unpaired) electrons. The van der Waals surface area contributed by atoms with Crippen molar-refractivity contribution < 1.29 is 17.6 Å². The van der Waals surface area contributed by atoms with E-state index in [0.29, 0.717) is 41.5 Å². The fourth-order valence-electron chi connectivity index (χ4n) is 17.2. The van der Waals surface area contributed by atoms with Crippen LogP contribution in [0.2, 0.25) is 0 Å². The minimum Gasteiger partial charge on any atom is -0.206 e. The van der Waals surface area contributed by atoms with Gasteiger partial charge in [0.1, 0.15) is 23.3 Å². The van der Waals surface area contributed by atoms with E-state index in [4.69, 9.17) is 0 Å². The normalized spacial score (nSPS) is 13.3. The molecule has 0 aliphatic rings. The number of aryl methyl sites for hydroxylation is 8. The minimum absolute atomic E-state index is 0.219. The Morgan fingerprint density at radius 1 is 0.241 bits per heavy atom. The number of rotatable bonds is 35. The molecule has 0 aliphatic carbocycles. The van der Waals surface area contributed by atoms with Crippen molar-refractivity contribution in [1.29, 1.82) is 0 Å². The van der Waals surface area contributed by atoms with Gasteiger partial charge in [-0.1, -0.05) is 337 Å². The topological polar surface area (TPSA) is 0 Å². The van der Waals surface area contributed by atoms with Gasteiger partial charge in [0.05, 0.1) is 0 Å². The van der Waals surface area contributed by atoms with Crippen molar-refractivity contribution in [2.24, 2.45) is 0 Å². The minimum atomic E-state index is -0.981. The van der Waals surface area contributed by atoms with Crippen molar-refractivity contribution in [3.63, 3.8) is 0 Å². The summed E-state index contributed by atoms with van der Waals surface area (Å²) in [4.78, 5) is 0. The Morgan fingerprint density at radius 2 is 0.537 bits per heavy atom. The van der Waals surface area contributed by atoms with Gasteiger partial charge < -0.3 is 0 Å². The second-order valence-corrected chi connectivity index (χ2v) is 30.4. The van der Waals surface area contributed by atoms with E-state index in [1.807, 2.05) is 30.3 Å². The predicted octanol–water partition coefficient (Wildman–Crippen LogP) is 28.6. The number of benzene rings is 12. The molecule has 0 heterocycles. The highest BCUT2D eigenvalue weighted by Gasteiger charge is 2.56. The van der Waals surface area contributed by atoms with Crippen molar-refractivity contribution in [1.82, 2.24) is 0 Å². The van der Waals surface area contributed by atoms with Gasteiger partial charge in [0.15, 0.2) is 0 Å². The van der Waals surface area contributed by atoms with E-state index in [9.17, 15) is 0 Å². The van der Waals surface area contributed by atoms with Gasteiger partial charge in [0.2, 0.25) is 0 Å². The molecule has 0 spiro atoms. The number of halogens is 4.